The van der Waals surface area contributed by atoms with Crippen LogP contribution in [0.25, 0.3) is 0 Å². The van der Waals surface area contributed by atoms with Gasteiger partial charge in [-0.15, -0.1) is 0 Å². The number of amides is 1. The van der Waals surface area contributed by atoms with E-state index in [0.717, 1.165) is 13.1 Å². The van der Waals surface area contributed by atoms with Gasteiger partial charge in [0.25, 0.3) is 0 Å². The van der Waals surface area contributed by atoms with Gasteiger partial charge < -0.3 is 5.32 Å². The molecular formula is C11H12N2O. The van der Waals surface area contributed by atoms with Crippen LogP contribution in [0.4, 0.5) is 0 Å². The Bertz CT molecular complexity index is 363. The van der Waals surface area contributed by atoms with Crippen molar-refractivity contribution in [2.45, 2.75) is 12.1 Å². The highest BCUT2D eigenvalue weighted by Gasteiger charge is 2.54. The molecule has 2 aliphatic rings. The van der Waals surface area contributed by atoms with Gasteiger partial charge in [0.15, 0.2) is 0 Å². The third kappa shape index (κ3) is 1.06. The summed E-state index contributed by atoms with van der Waals surface area (Å²) in [5, 5.41) is 2.89. The highest BCUT2D eigenvalue weighted by molar-refractivity contribution is 5.87. The lowest BCUT2D eigenvalue weighted by molar-refractivity contribution is -0.122. The molecule has 1 aromatic rings. The lowest BCUT2D eigenvalue weighted by atomic mass is 10.1. The molecule has 14 heavy (non-hydrogen) atoms. The van der Waals surface area contributed by atoms with Crippen LogP contribution in [0.15, 0.2) is 30.3 Å². The maximum absolute atomic E-state index is 11.5. The lowest BCUT2D eigenvalue weighted by Crippen LogP contribution is -2.38. The van der Waals surface area contributed by atoms with Crippen molar-refractivity contribution < 1.29 is 4.79 Å². The molecule has 3 atom stereocenters. The summed E-state index contributed by atoms with van der Waals surface area (Å²) < 4.78 is 0. The zero-order valence-electron chi connectivity index (χ0n) is 7.81. The molecule has 3 rings (SSSR count). The Labute approximate surface area is 82.7 Å². The van der Waals surface area contributed by atoms with E-state index in [4.69, 9.17) is 0 Å². The molecule has 0 bridgehead atoms. The molecule has 2 saturated heterocycles. The van der Waals surface area contributed by atoms with Crippen LogP contribution in [0.1, 0.15) is 11.6 Å². The van der Waals surface area contributed by atoms with Crippen molar-refractivity contribution in [2.24, 2.45) is 0 Å². The minimum atomic E-state index is 0.103. The Kier molecular flexibility index (Phi) is 1.61. The molecule has 3 unspecified atom stereocenters. The van der Waals surface area contributed by atoms with E-state index in [0.29, 0.717) is 6.04 Å². The fourth-order valence-corrected chi connectivity index (χ4v) is 2.28. The zero-order valence-corrected chi connectivity index (χ0v) is 7.81. The average Bonchev–Trinajstić information content (AvgIpc) is 2.95. The highest BCUT2D eigenvalue weighted by Crippen LogP contribution is 2.43. The van der Waals surface area contributed by atoms with Crippen molar-refractivity contribution >= 4 is 5.91 Å². The fraction of sp³-hybridized carbons (Fsp3) is 0.364. The van der Waals surface area contributed by atoms with Gasteiger partial charge in [-0.1, -0.05) is 30.3 Å². The van der Waals surface area contributed by atoms with Crippen LogP contribution in [0.2, 0.25) is 0 Å². The van der Waals surface area contributed by atoms with Crippen molar-refractivity contribution in [3.63, 3.8) is 0 Å². The normalized spacial score (nSPS) is 34.6. The Morgan fingerprint density at radius 1 is 1.21 bits per heavy atom. The van der Waals surface area contributed by atoms with Gasteiger partial charge in [-0.2, -0.15) is 0 Å². The van der Waals surface area contributed by atoms with Gasteiger partial charge in [0.1, 0.15) is 6.04 Å². The number of hydrogen-bond donors (Lipinski definition) is 1. The van der Waals surface area contributed by atoms with Crippen LogP contribution in [-0.4, -0.2) is 29.9 Å². The third-order valence-corrected chi connectivity index (χ3v) is 3.00. The minimum absolute atomic E-state index is 0.103. The van der Waals surface area contributed by atoms with Gasteiger partial charge in [0.05, 0.1) is 6.04 Å². The second-order valence-electron chi connectivity index (χ2n) is 3.83. The first-order valence-corrected chi connectivity index (χ1v) is 4.96. The molecule has 3 heteroatoms. The van der Waals surface area contributed by atoms with E-state index in [1.54, 1.807) is 0 Å². The van der Waals surface area contributed by atoms with Gasteiger partial charge in [-0.25, -0.2) is 0 Å². The Morgan fingerprint density at radius 2 is 2.00 bits per heavy atom. The summed E-state index contributed by atoms with van der Waals surface area (Å²) >= 11 is 0. The molecule has 0 aliphatic carbocycles. The van der Waals surface area contributed by atoms with Crippen molar-refractivity contribution in [2.75, 3.05) is 13.1 Å². The van der Waals surface area contributed by atoms with Crippen molar-refractivity contribution in [1.82, 2.24) is 10.2 Å². The largest absolute Gasteiger partial charge is 0.353 e. The topological polar surface area (TPSA) is 32.1 Å². The molecule has 0 spiro atoms. The third-order valence-electron chi connectivity index (χ3n) is 3.00. The lowest BCUT2D eigenvalue weighted by Gasteiger charge is -2.10. The zero-order chi connectivity index (χ0) is 9.54. The van der Waals surface area contributed by atoms with Gasteiger partial charge in [0, 0.05) is 13.1 Å². The molecule has 1 N–H and O–H groups in total. The average molecular weight is 188 g/mol. The molecule has 3 nitrogen and oxygen atoms in total. The summed E-state index contributed by atoms with van der Waals surface area (Å²) in [6, 6.07) is 10.7. The Hall–Kier alpha value is -1.35. The molecule has 2 aliphatic heterocycles. The first-order valence-electron chi connectivity index (χ1n) is 4.96. The molecule has 0 aromatic heterocycles. The number of nitrogens with zero attached hydrogens (tertiary/aromatic N) is 1. The summed E-state index contributed by atoms with van der Waals surface area (Å²) in [6.07, 6.45) is 0. The number of rotatable bonds is 1. The smallest absolute Gasteiger partial charge is 0.239 e. The second-order valence-corrected chi connectivity index (χ2v) is 3.83. The number of hydrogen-bond acceptors (Lipinski definition) is 2. The highest BCUT2D eigenvalue weighted by atomic mass is 16.2. The Morgan fingerprint density at radius 3 is 2.71 bits per heavy atom. The van der Waals surface area contributed by atoms with E-state index in [2.05, 4.69) is 22.3 Å². The quantitative estimate of drug-likeness (QED) is 0.652. The van der Waals surface area contributed by atoms with E-state index >= 15 is 0 Å². The van der Waals surface area contributed by atoms with Crippen molar-refractivity contribution in [1.29, 1.82) is 0 Å². The van der Waals surface area contributed by atoms with E-state index in [1.165, 1.54) is 5.56 Å². The van der Waals surface area contributed by atoms with E-state index in [1.807, 2.05) is 18.2 Å². The number of fused-ring (bicyclic) bond motifs is 1. The van der Waals surface area contributed by atoms with Gasteiger partial charge in [0.2, 0.25) is 5.91 Å². The van der Waals surface area contributed by atoms with Crippen LogP contribution < -0.4 is 5.32 Å². The molecule has 2 fully saturated rings. The molecule has 1 amide bonds. The standard InChI is InChI=1S/C11H12N2O/c14-11-10-9(13(10)7-6-12-11)8-4-2-1-3-5-8/h1-5,9-10H,6-7H2,(H,12,14). The molecule has 2 heterocycles. The van der Waals surface area contributed by atoms with E-state index < -0.39 is 0 Å². The number of piperazine rings is 1. The maximum atomic E-state index is 11.5. The predicted molar refractivity (Wildman–Crippen MR) is 52.7 cm³/mol. The minimum Gasteiger partial charge on any atom is -0.353 e. The second kappa shape index (κ2) is 2.82. The molecule has 72 valence electrons. The van der Waals surface area contributed by atoms with E-state index in [-0.39, 0.29) is 11.9 Å². The number of benzene rings is 1. The molecule has 0 radical (unpaired) electrons. The van der Waals surface area contributed by atoms with Crippen LogP contribution in [0, 0.1) is 0 Å². The maximum Gasteiger partial charge on any atom is 0.239 e. The van der Waals surface area contributed by atoms with Gasteiger partial charge >= 0.3 is 0 Å². The predicted octanol–water partition coefficient (Wildman–Crippen LogP) is 0.542. The van der Waals surface area contributed by atoms with Crippen LogP contribution in [0.3, 0.4) is 0 Å². The summed E-state index contributed by atoms with van der Waals surface area (Å²) in [5.74, 6) is 0.185. The van der Waals surface area contributed by atoms with Crippen LogP contribution in [0.5, 0.6) is 0 Å². The summed E-state index contributed by atoms with van der Waals surface area (Å²) in [7, 11) is 0. The number of carbonyl (C=O) groups is 1. The van der Waals surface area contributed by atoms with Gasteiger partial charge in [-0.3, -0.25) is 9.69 Å². The van der Waals surface area contributed by atoms with Crippen molar-refractivity contribution in [3.8, 4) is 0 Å². The fourth-order valence-electron chi connectivity index (χ4n) is 2.28. The van der Waals surface area contributed by atoms with Gasteiger partial charge in [-0.05, 0) is 5.56 Å². The number of nitrogens with one attached hydrogen (secondary N) is 1. The Balaban J connectivity index is 1.87. The summed E-state index contributed by atoms with van der Waals surface area (Å²) in [6.45, 7) is 1.77. The van der Waals surface area contributed by atoms with E-state index in [9.17, 15) is 4.79 Å². The van der Waals surface area contributed by atoms with Crippen molar-refractivity contribution in [3.05, 3.63) is 35.9 Å². The first kappa shape index (κ1) is 8.00. The SMILES string of the molecule is O=C1NCCN2C1C2c1ccccc1. The number of carbonyl (C=O) groups excluding carboxylic acids is 1. The first-order chi connectivity index (χ1) is 6.88. The van der Waals surface area contributed by atoms with Crippen LogP contribution in [-0.2, 0) is 4.79 Å². The molecular weight excluding hydrogens is 176 g/mol. The molecule has 1 aromatic carbocycles. The molecule has 0 saturated carbocycles. The monoisotopic (exact) mass is 188 g/mol. The summed E-state index contributed by atoms with van der Waals surface area (Å²) in [5.41, 5.74) is 1.26. The summed E-state index contributed by atoms with van der Waals surface area (Å²) in [4.78, 5) is 13.7. The van der Waals surface area contributed by atoms with Crippen LogP contribution >= 0.6 is 0 Å².